The van der Waals surface area contributed by atoms with Gasteiger partial charge in [0, 0.05) is 26.2 Å². The smallest absolute Gasteiger partial charge is 0.243 e. The molecule has 0 unspecified atom stereocenters. The van der Waals surface area contributed by atoms with Crippen molar-refractivity contribution in [1.29, 1.82) is 0 Å². The van der Waals surface area contributed by atoms with E-state index in [-0.39, 0.29) is 5.54 Å². The highest BCUT2D eigenvalue weighted by Crippen LogP contribution is 2.29. The van der Waals surface area contributed by atoms with Crippen LogP contribution >= 0.6 is 0 Å². The van der Waals surface area contributed by atoms with Crippen molar-refractivity contribution in [3.8, 4) is 5.75 Å². The van der Waals surface area contributed by atoms with Gasteiger partial charge in [0.2, 0.25) is 10.0 Å². The fraction of sp³-hybridized carbons (Fsp3) is 0.409. The Bertz CT molecular complexity index is 1000. The number of hydrogen-bond donors (Lipinski definition) is 2. The van der Waals surface area contributed by atoms with Gasteiger partial charge in [0.05, 0.1) is 24.1 Å². The molecule has 0 radical (unpaired) electrons. The molecular formula is C22H28N4O3S. The minimum absolute atomic E-state index is 0.306. The monoisotopic (exact) mass is 428 g/mol. The van der Waals surface area contributed by atoms with Gasteiger partial charge in [0.1, 0.15) is 11.6 Å². The minimum Gasteiger partial charge on any atom is -0.497 e. The average molecular weight is 429 g/mol. The molecule has 0 atom stereocenters. The van der Waals surface area contributed by atoms with E-state index in [0.717, 1.165) is 23.7 Å². The first-order valence-corrected chi connectivity index (χ1v) is 11.7. The van der Waals surface area contributed by atoms with Crippen LogP contribution in [0.2, 0.25) is 0 Å². The molecule has 2 aromatic carbocycles. The second-order valence-corrected chi connectivity index (χ2v) is 9.60. The van der Waals surface area contributed by atoms with E-state index in [9.17, 15) is 8.42 Å². The van der Waals surface area contributed by atoms with Crippen LogP contribution in [0.1, 0.15) is 18.4 Å². The normalized spacial score (nSPS) is 19.3. The Labute approximate surface area is 178 Å². The lowest BCUT2D eigenvalue weighted by atomic mass is 9.85. The number of sulfonamides is 1. The summed E-state index contributed by atoms with van der Waals surface area (Å²) in [5, 5.41) is 7.11. The lowest BCUT2D eigenvalue weighted by molar-refractivity contribution is 0.241. The van der Waals surface area contributed by atoms with Crippen LogP contribution in [0.3, 0.4) is 0 Å². The number of amidine groups is 1. The summed E-state index contributed by atoms with van der Waals surface area (Å²) < 4.78 is 32.8. The Balaban J connectivity index is 1.45. The Hall–Kier alpha value is -2.42. The van der Waals surface area contributed by atoms with E-state index in [4.69, 9.17) is 9.73 Å². The molecule has 2 N–H and O–H groups in total. The van der Waals surface area contributed by atoms with E-state index in [2.05, 4.69) is 10.6 Å². The lowest BCUT2D eigenvalue weighted by Crippen LogP contribution is -2.64. The second-order valence-electron chi connectivity index (χ2n) is 7.66. The number of benzene rings is 2. The fourth-order valence-corrected chi connectivity index (χ4v) is 5.62. The van der Waals surface area contributed by atoms with Crippen molar-refractivity contribution >= 4 is 15.9 Å². The van der Waals surface area contributed by atoms with Crippen LogP contribution in [0.25, 0.3) is 0 Å². The highest BCUT2D eigenvalue weighted by molar-refractivity contribution is 7.89. The van der Waals surface area contributed by atoms with Crippen LogP contribution in [0.4, 0.5) is 0 Å². The van der Waals surface area contributed by atoms with E-state index in [0.29, 0.717) is 43.9 Å². The Morgan fingerprint density at radius 3 is 2.63 bits per heavy atom. The van der Waals surface area contributed by atoms with Crippen molar-refractivity contribution in [3.05, 3.63) is 60.2 Å². The summed E-state index contributed by atoms with van der Waals surface area (Å²) in [5.41, 5.74) is 0.807. The molecule has 2 aromatic rings. The van der Waals surface area contributed by atoms with Gasteiger partial charge >= 0.3 is 0 Å². The number of piperidine rings is 1. The van der Waals surface area contributed by atoms with Crippen LogP contribution < -0.4 is 15.4 Å². The van der Waals surface area contributed by atoms with Gasteiger partial charge in [-0.25, -0.2) is 8.42 Å². The maximum Gasteiger partial charge on any atom is 0.243 e. The molecule has 0 bridgehead atoms. The van der Waals surface area contributed by atoms with Gasteiger partial charge in [0.25, 0.3) is 0 Å². The van der Waals surface area contributed by atoms with Crippen LogP contribution in [0.5, 0.6) is 5.75 Å². The minimum atomic E-state index is -3.47. The standard InChI is InChI=1S/C22H28N4O3S/c1-29-19-7-5-6-18(16-19)17-24-21-22(25-13-12-23-21)10-14-26(15-11-22)30(27,28)20-8-3-2-4-9-20/h2-9,16,25H,10-15,17H2,1H3,(H,23,24). The number of rotatable bonds is 5. The summed E-state index contributed by atoms with van der Waals surface area (Å²) >= 11 is 0. The maximum absolute atomic E-state index is 13.0. The summed E-state index contributed by atoms with van der Waals surface area (Å²) in [4.78, 5) is 5.10. The fourth-order valence-electron chi connectivity index (χ4n) is 4.15. The van der Waals surface area contributed by atoms with Gasteiger partial charge in [0.15, 0.2) is 0 Å². The third-order valence-corrected chi connectivity index (χ3v) is 7.76. The molecule has 0 aromatic heterocycles. The van der Waals surface area contributed by atoms with Crippen molar-refractivity contribution in [2.75, 3.05) is 33.3 Å². The summed E-state index contributed by atoms with van der Waals surface area (Å²) in [6.45, 7) is 3.09. The van der Waals surface area contributed by atoms with Crippen molar-refractivity contribution in [3.63, 3.8) is 0 Å². The quantitative estimate of drug-likeness (QED) is 0.761. The number of nitrogens with zero attached hydrogens (tertiary/aromatic N) is 2. The first-order valence-electron chi connectivity index (χ1n) is 10.3. The van der Waals surface area contributed by atoms with E-state index in [1.54, 1.807) is 35.7 Å². The van der Waals surface area contributed by atoms with Gasteiger partial charge in [-0.1, -0.05) is 30.3 Å². The highest BCUT2D eigenvalue weighted by Gasteiger charge is 2.43. The molecule has 0 amide bonds. The number of hydrogen-bond acceptors (Lipinski definition) is 6. The van der Waals surface area contributed by atoms with Gasteiger partial charge in [-0.2, -0.15) is 4.31 Å². The molecule has 30 heavy (non-hydrogen) atoms. The van der Waals surface area contributed by atoms with E-state index in [1.165, 1.54) is 0 Å². The SMILES string of the molecule is COc1cccc(CNC2=NCCNC23CCN(S(=O)(=O)c2ccccc2)CC3)c1. The number of ether oxygens (including phenoxy) is 1. The molecule has 7 nitrogen and oxygen atoms in total. The average Bonchev–Trinajstić information content (AvgIpc) is 2.79. The van der Waals surface area contributed by atoms with Crippen LogP contribution in [-0.2, 0) is 16.6 Å². The Morgan fingerprint density at radius 2 is 1.90 bits per heavy atom. The summed E-state index contributed by atoms with van der Waals surface area (Å²) in [6.07, 6.45) is 1.37. The van der Waals surface area contributed by atoms with Crippen molar-refractivity contribution in [1.82, 2.24) is 14.9 Å². The molecule has 1 saturated heterocycles. The predicted octanol–water partition coefficient (Wildman–Crippen LogP) is 2.01. The molecular weight excluding hydrogens is 400 g/mol. The molecule has 1 spiro atoms. The molecule has 2 aliphatic rings. The molecule has 2 aliphatic heterocycles. The molecule has 160 valence electrons. The molecule has 1 fully saturated rings. The zero-order chi connectivity index (χ0) is 21.0. The lowest BCUT2D eigenvalue weighted by Gasteiger charge is -2.44. The van der Waals surface area contributed by atoms with E-state index >= 15 is 0 Å². The van der Waals surface area contributed by atoms with Gasteiger partial charge in [-0.05, 0) is 42.7 Å². The number of methoxy groups -OCH3 is 1. The third kappa shape index (κ3) is 4.21. The van der Waals surface area contributed by atoms with Crippen LogP contribution in [0.15, 0.2) is 64.5 Å². The Kier molecular flexibility index (Phi) is 6.08. The first kappa shape index (κ1) is 20.8. The first-order chi connectivity index (χ1) is 14.5. The zero-order valence-corrected chi connectivity index (χ0v) is 18.0. The van der Waals surface area contributed by atoms with Gasteiger partial charge < -0.3 is 15.4 Å². The molecule has 2 heterocycles. The van der Waals surface area contributed by atoms with Gasteiger partial charge in [-0.15, -0.1) is 0 Å². The zero-order valence-electron chi connectivity index (χ0n) is 17.2. The summed E-state index contributed by atoms with van der Waals surface area (Å²) in [5.74, 6) is 1.75. The Morgan fingerprint density at radius 1 is 1.13 bits per heavy atom. The molecule has 8 heteroatoms. The second kappa shape index (κ2) is 8.75. The predicted molar refractivity (Wildman–Crippen MR) is 117 cm³/mol. The van der Waals surface area contributed by atoms with E-state index < -0.39 is 10.0 Å². The van der Waals surface area contributed by atoms with Crippen molar-refractivity contribution < 1.29 is 13.2 Å². The molecule has 4 rings (SSSR count). The largest absolute Gasteiger partial charge is 0.497 e. The topological polar surface area (TPSA) is 83.0 Å². The molecule has 0 saturated carbocycles. The number of nitrogens with one attached hydrogen (secondary N) is 2. The van der Waals surface area contributed by atoms with Crippen molar-refractivity contribution in [2.45, 2.75) is 29.8 Å². The molecule has 0 aliphatic carbocycles. The summed E-state index contributed by atoms with van der Waals surface area (Å²) in [7, 11) is -1.81. The van der Waals surface area contributed by atoms with Crippen molar-refractivity contribution in [2.24, 2.45) is 4.99 Å². The van der Waals surface area contributed by atoms with Gasteiger partial charge in [-0.3, -0.25) is 4.99 Å². The number of aliphatic imine (C=N–C) groups is 1. The maximum atomic E-state index is 13.0. The highest BCUT2D eigenvalue weighted by atomic mass is 32.2. The summed E-state index contributed by atoms with van der Waals surface area (Å²) in [6, 6.07) is 16.6. The van der Waals surface area contributed by atoms with E-state index in [1.807, 2.05) is 30.3 Å². The van der Waals surface area contributed by atoms with Crippen LogP contribution in [0, 0.1) is 0 Å². The third-order valence-electron chi connectivity index (χ3n) is 5.85. The van der Waals surface area contributed by atoms with Crippen LogP contribution in [-0.4, -0.2) is 57.4 Å².